The predicted octanol–water partition coefficient (Wildman–Crippen LogP) is 7.47. The van der Waals surface area contributed by atoms with Gasteiger partial charge in [0.2, 0.25) is 0 Å². The fraction of sp³-hybridized carbons (Fsp3) is 1.00. The smallest absolute Gasteiger partial charge is 0.0386 e. The molecule has 0 aromatic rings. The van der Waals surface area contributed by atoms with Crippen molar-refractivity contribution in [1.82, 2.24) is 0 Å². The molecule has 22 heavy (non-hydrogen) atoms. The van der Waals surface area contributed by atoms with Gasteiger partial charge in [-0.3, -0.25) is 0 Å². The molecule has 0 spiro atoms. The van der Waals surface area contributed by atoms with Gasteiger partial charge in [-0.25, -0.2) is 0 Å². The molecule has 0 saturated heterocycles. The molecular formula is C22H42. The Kier molecular flexibility index (Phi) is 7.78. The molecule has 0 radical (unpaired) electrons. The van der Waals surface area contributed by atoms with Gasteiger partial charge in [0.05, 0.1) is 0 Å². The molecule has 0 heterocycles. The summed E-state index contributed by atoms with van der Waals surface area (Å²) >= 11 is 0. The van der Waals surface area contributed by atoms with Crippen LogP contribution >= 0.6 is 0 Å². The van der Waals surface area contributed by atoms with E-state index in [2.05, 4.69) is 27.7 Å². The molecule has 3 fully saturated rings. The second-order valence-corrected chi connectivity index (χ2v) is 9.40. The topological polar surface area (TPSA) is 0 Å². The monoisotopic (exact) mass is 306 g/mol. The summed E-state index contributed by atoms with van der Waals surface area (Å²) in [4.78, 5) is 0. The van der Waals surface area contributed by atoms with E-state index in [4.69, 9.17) is 0 Å². The molecule has 3 saturated carbocycles. The van der Waals surface area contributed by atoms with Crippen LogP contribution in [0.2, 0.25) is 0 Å². The molecule has 0 aliphatic heterocycles. The third-order valence-corrected chi connectivity index (χ3v) is 7.09. The van der Waals surface area contributed by atoms with Crippen molar-refractivity contribution in [2.24, 2.45) is 35.5 Å². The summed E-state index contributed by atoms with van der Waals surface area (Å²) in [5, 5.41) is 0. The third-order valence-electron chi connectivity index (χ3n) is 7.09. The normalized spacial score (nSPS) is 43.1. The molecule has 0 aromatic heterocycles. The summed E-state index contributed by atoms with van der Waals surface area (Å²) < 4.78 is 0. The zero-order valence-electron chi connectivity index (χ0n) is 15.9. The van der Waals surface area contributed by atoms with E-state index in [1.165, 1.54) is 51.4 Å². The number of hydrogen-bond acceptors (Lipinski definition) is 0. The van der Waals surface area contributed by atoms with Gasteiger partial charge in [-0.05, 0) is 61.2 Å². The summed E-state index contributed by atoms with van der Waals surface area (Å²) in [6.45, 7) is 9.59. The van der Waals surface area contributed by atoms with Gasteiger partial charge in [-0.1, -0.05) is 79.1 Å². The van der Waals surface area contributed by atoms with Gasteiger partial charge >= 0.3 is 0 Å². The molecule has 3 aliphatic rings. The van der Waals surface area contributed by atoms with E-state index in [0.29, 0.717) is 0 Å². The van der Waals surface area contributed by atoms with Crippen molar-refractivity contribution >= 4 is 0 Å². The van der Waals surface area contributed by atoms with Crippen LogP contribution in [0.25, 0.3) is 0 Å². The highest BCUT2D eigenvalue weighted by Gasteiger charge is 2.28. The Morgan fingerprint density at radius 2 is 0.500 bits per heavy atom. The fourth-order valence-corrected chi connectivity index (χ4v) is 4.94. The zero-order chi connectivity index (χ0) is 15.9. The van der Waals surface area contributed by atoms with Gasteiger partial charge in [0.15, 0.2) is 0 Å². The minimum atomic E-state index is 1.02. The highest BCUT2D eigenvalue weighted by atomic mass is 14.3. The van der Waals surface area contributed by atoms with Crippen LogP contribution in [0.1, 0.15) is 105 Å². The molecule has 0 N–H and O–H groups in total. The van der Waals surface area contributed by atoms with Gasteiger partial charge in [0, 0.05) is 0 Å². The molecule has 0 nitrogen and oxygen atoms in total. The Morgan fingerprint density at radius 3 is 0.727 bits per heavy atom. The van der Waals surface area contributed by atoms with Crippen LogP contribution in [0, 0.1) is 35.5 Å². The summed E-state index contributed by atoms with van der Waals surface area (Å²) in [5.41, 5.74) is 0. The lowest BCUT2D eigenvalue weighted by Gasteiger charge is -2.36. The first-order valence-electron chi connectivity index (χ1n) is 10.5. The van der Waals surface area contributed by atoms with Crippen molar-refractivity contribution < 1.29 is 0 Å². The minimum absolute atomic E-state index is 1.02. The Labute approximate surface area is 140 Å². The summed E-state index contributed by atoms with van der Waals surface area (Å²) in [7, 11) is 0. The molecule has 0 amide bonds. The minimum Gasteiger partial charge on any atom is -0.0625 e. The van der Waals surface area contributed by atoms with Crippen molar-refractivity contribution in [3.63, 3.8) is 0 Å². The molecule has 3 aliphatic carbocycles. The highest BCUT2D eigenvalue weighted by Crippen LogP contribution is 2.40. The van der Waals surface area contributed by atoms with Crippen molar-refractivity contribution in [2.75, 3.05) is 0 Å². The molecule has 130 valence electrons. The second-order valence-electron chi connectivity index (χ2n) is 9.40. The van der Waals surface area contributed by atoms with Crippen LogP contribution in [0.15, 0.2) is 0 Å². The standard InChI is InChI=1S/C14H26.C8H16/c1-11-3-7-13(8-4-11)14-9-5-12(2)6-10-14;1-7-3-5-8(2)6-4-7/h11-14H,3-10H2,1-2H3;7-8H,3-6H2,1-2H3. The van der Waals surface area contributed by atoms with Gasteiger partial charge in [0.1, 0.15) is 0 Å². The van der Waals surface area contributed by atoms with E-state index in [1.807, 2.05) is 0 Å². The van der Waals surface area contributed by atoms with Gasteiger partial charge in [0.25, 0.3) is 0 Å². The first-order chi connectivity index (χ1) is 10.5. The van der Waals surface area contributed by atoms with Gasteiger partial charge in [-0.15, -0.1) is 0 Å². The van der Waals surface area contributed by atoms with Crippen LogP contribution in [-0.2, 0) is 0 Å². The van der Waals surface area contributed by atoms with Crippen molar-refractivity contribution in [3.05, 3.63) is 0 Å². The molecule has 0 heteroatoms. The summed E-state index contributed by atoms with van der Waals surface area (Å²) in [5.74, 6) is 6.30. The first-order valence-corrected chi connectivity index (χ1v) is 10.5. The number of rotatable bonds is 1. The molecule has 3 rings (SSSR count). The molecular weight excluding hydrogens is 264 g/mol. The van der Waals surface area contributed by atoms with Crippen molar-refractivity contribution in [3.8, 4) is 0 Å². The van der Waals surface area contributed by atoms with E-state index in [1.54, 1.807) is 25.7 Å². The van der Waals surface area contributed by atoms with E-state index in [0.717, 1.165) is 35.5 Å². The van der Waals surface area contributed by atoms with Crippen LogP contribution in [0.3, 0.4) is 0 Å². The van der Waals surface area contributed by atoms with Gasteiger partial charge in [-0.2, -0.15) is 0 Å². The lowest BCUT2D eigenvalue weighted by Crippen LogP contribution is -2.24. The maximum Gasteiger partial charge on any atom is -0.0386 e. The predicted molar refractivity (Wildman–Crippen MR) is 99.0 cm³/mol. The Hall–Kier alpha value is 0. The Bertz CT molecular complexity index is 240. The van der Waals surface area contributed by atoms with Crippen LogP contribution in [0.5, 0.6) is 0 Å². The summed E-state index contributed by atoms with van der Waals surface area (Å²) in [6, 6.07) is 0. The van der Waals surface area contributed by atoms with Crippen LogP contribution in [0.4, 0.5) is 0 Å². The van der Waals surface area contributed by atoms with E-state index in [9.17, 15) is 0 Å². The quantitative estimate of drug-likeness (QED) is 0.471. The van der Waals surface area contributed by atoms with Crippen LogP contribution < -0.4 is 0 Å². The summed E-state index contributed by atoms with van der Waals surface area (Å²) in [6.07, 6.45) is 18.1. The fourth-order valence-electron chi connectivity index (χ4n) is 4.94. The first kappa shape index (κ1) is 18.3. The van der Waals surface area contributed by atoms with Crippen LogP contribution in [-0.4, -0.2) is 0 Å². The maximum atomic E-state index is 2.43. The van der Waals surface area contributed by atoms with E-state index in [-0.39, 0.29) is 0 Å². The third kappa shape index (κ3) is 6.25. The molecule has 0 unspecified atom stereocenters. The average Bonchev–Trinajstić information content (AvgIpc) is 2.53. The van der Waals surface area contributed by atoms with E-state index < -0.39 is 0 Å². The van der Waals surface area contributed by atoms with Crippen molar-refractivity contribution in [2.45, 2.75) is 105 Å². The average molecular weight is 307 g/mol. The zero-order valence-corrected chi connectivity index (χ0v) is 15.9. The molecule has 0 atom stereocenters. The maximum absolute atomic E-state index is 2.43. The van der Waals surface area contributed by atoms with Crippen molar-refractivity contribution in [1.29, 1.82) is 0 Å². The van der Waals surface area contributed by atoms with Gasteiger partial charge < -0.3 is 0 Å². The SMILES string of the molecule is CC1CCC(C)CC1.CC1CCC(C2CCC(C)CC2)CC1. The van der Waals surface area contributed by atoms with E-state index >= 15 is 0 Å². The second kappa shape index (κ2) is 9.33. The number of hydrogen-bond donors (Lipinski definition) is 0. The largest absolute Gasteiger partial charge is 0.0625 e. The lowest BCUT2D eigenvalue weighted by atomic mass is 9.70. The Balaban J connectivity index is 0.000000188. The Morgan fingerprint density at radius 1 is 0.318 bits per heavy atom. The molecule has 0 aromatic carbocycles. The molecule has 0 bridgehead atoms. The lowest BCUT2D eigenvalue weighted by molar-refractivity contribution is 0.155. The highest BCUT2D eigenvalue weighted by molar-refractivity contribution is 4.80.